The lowest BCUT2D eigenvalue weighted by Gasteiger charge is -2.26. The zero-order valence-corrected chi connectivity index (χ0v) is 13.5. The van der Waals surface area contributed by atoms with Crippen LogP contribution in [0.5, 0.6) is 0 Å². The minimum atomic E-state index is -0.254. The molecule has 0 bridgehead atoms. The molecule has 2 heterocycles. The standard InChI is InChI=1S/C18H20FN3O2/c1-22-9-8-14(17(22)12-4-6-13(19)7-5-12)20-18(23)15-10-16(24-21-15)11-2-3-11/h4-7,10-11,14,17H,2-3,8-9H2,1H3,(H,20,23). The SMILES string of the molecule is CN1CCC(NC(=O)c2cc(C3CC3)on2)C1c1ccc(F)cc1. The van der Waals surface area contributed by atoms with Crippen molar-refractivity contribution in [3.8, 4) is 0 Å². The third-order valence-corrected chi connectivity index (χ3v) is 4.92. The number of hydrogen-bond donors (Lipinski definition) is 1. The average molecular weight is 329 g/mol. The summed E-state index contributed by atoms with van der Waals surface area (Å²) in [7, 11) is 2.02. The van der Waals surface area contributed by atoms with Crippen molar-refractivity contribution >= 4 is 5.91 Å². The van der Waals surface area contributed by atoms with Crippen LogP contribution in [0.25, 0.3) is 0 Å². The largest absolute Gasteiger partial charge is 0.360 e. The number of carbonyl (C=O) groups is 1. The average Bonchev–Trinajstić information content (AvgIpc) is 3.19. The molecular weight excluding hydrogens is 309 g/mol. The molecule has 1 aliphatic heterocycles. The van der Waals surface area contributed by atoms with Crippen molar-refractivity contribution in [1.29, 1.82) is 0 Å². The molecule has 2 unspecified atom stereocenters. The second kappa shape index (κ2) is 6.02. The number of nitrogens with one attached hydrogen (secondary N) is 1. The summed E-state index contributed by atoms with van der Waals surface area (Å²) in [6, 6.07) is 8.22. The Balaban J connectivity index is 1.49. The van der Waals surface area contributed by atoms with E-state index in [-0.39, 0.29) is 23.8 Å². The van der Waals surface area contributed by atoms with E-state index in [2.05, 4.69) is 15.4 Å². The third kappa shape index (κ3) is 2.94. The number of aromatic nitrogens is 1. The van der Waals surface area contributed by atoms with E-state index in [1.165, 1.54) is 12.1 Å². The van der Waals surface area contributed by atoms with Crippen LogP contribution in [0.1, 0.15) is 53.0 Å². The summed E-state index contributed by atoms with van der Waals surface area (Å²) in [4.78, 5) is 14.7. The topological polar surface area (TPSA) is 58.4 Å². The summed E-state index contributed by atoms with van der Waals surface area (Å²) >= 11 is 0. The molecule has 24 heavy (non-hydrogen) atoms. The van der Waals surface area contributed by atoms with Crippen LogP contribution in [0, 0.1) is 5.82 Å². The molecule has 2 atom stereocenters. The number of hydrogen-bond acceptors (Lipinski definition) is 4. The zero-order valence-electron chi connectivity index (χ0n) is 13.5. The van der Waals surface area contributed by atoms with Crippen LogP contribution < -0.4 is 5.32 Å². The van der Waals surface area contributed by atoms with Gasteiger partial charge in [-0.25, -0.2) is 4.39 Å². The molecule has 1 saturated heterocycles. The third-order valence-electron chi connectivity index (χ3n) is 4.92. The lowest BCUT2D eigenvalue weighted by molar-refractivity contribution is 0.0918. The lowest BCUT2D eigenvalue weighted by atomic mass is 10.00. The normalized spacial score (nSPS) is 24.2. The van der Waals surface area contributed by atoms with Gasteiger partial charge in [0.15, 0.2) is 5.69 Å². The molecule has 4 rings (SSSR count). The maximum Gasteiger partial charge on any atom is 0.273 e. The Morgan fingerprint density at radius 3 is 2.75 bits per heavy atom. The van der Waals surface area contributed by atoms with Crippen LogP contribution in [-0.2, 0) is 0 Å². The number of likely N-dealkylation sites (N-methyl/N-ethyl adjacent to an activating group) is 1. The van der Waals surface area contributed by atoms with Crippen molar-refractivity contribution in [2.45, 2.75) is 37.3 Å². The molecule has 2 aromatic rings. The molecule has 5 nitrogen and oxygen atoms in total. The smallest absolute Gasteiger partial charge is 0.273 e. The van der Waals surface area contributed by atoms with Crippen molar-refractivity contribution < 1.29 is 13.7 Å². The molecule has 1 aromatic heterocycles. The number of halogens is 1. The highest BCUT2D eigenvalue weighted by Crippen LogP contribution is 2.40. The first-order valence-electron chi connectivity index (χ1n) is 8.35. The van der Waals surface area contributed by atoms with Crippen LogP contribution in [0.15, 0.2) is 34.9 Å². The fourth-order valence-electron chi connectivity index (χ4n) is 3.44. The van der Waals surface area contributed by atoms with E-state index in [0.717, 1.165) is 37.1 Å². The molecule has 126 valence electrons. The van der Waals surface area contributed by atoms with E-state index in [1.54, 1.807) is 18.2 Å². The minimum absolute atomic E-state index is 0.0318. The molecule has 2 fully saturated rings. The van der Waals surface area contributed by atoms with Gasteiger partial charge in [0.2, 0.25) is 0 Å². The monoisotopic (exact) mass is 329 g/mol. The van der Waals surface area contributed by atoms with Gasteiger partial charge >= 0.3 is 0 Å². The number of amides is 1. The van der Waals surface area contributed by atoms with Crippen LogP contribution in [-0.4, -0.2) is 35.6 Å². The van der Waals surface area contributed by atoms with E-state index in [9.17, 15) is 9.18 Å². The number of benzene rings is 1. The van der Waals surface area contributed by atoms with Crippen molar-refractivity contribution in [2.75, 3.05) is 13.6 Å². The van der Waals surface area contributed by atoms with Crippen molar-refractivity contribution in [1.82, 2.24) is 15.4 Å². The molecule has 6 heteroatoms. The quantitative estimate of drug-likeness (QED) is 0.937. The summed E-state index contributed by atoms with van der Waals surface area (Å²) in [6.45, 7) is 0.874. The second-order valence-electron chi connectivity index (χ2n) is 6.73. The van der Waals surface area contributed by atoms with Crippen molar-refractivity contribution in [3.63, 3.8) is 0 Å². The first kappa shape index (κ1) is 15.3. The van der Waals surface area contributed by atoms with E-state index < -0.39 is 0 Å². The second-order valence-corrected chi connectivity index (χ2v) is 6.73. The van der Waals surface area contributed by atoms with E-state index in [4.69, 9.17) is 4.52 Å². The maximum absolute atomic E-state index is 13.2. The Kier molecular flexibility index (Phi) is 3.84. The molecule has 1 aromatic carbocycles. The first-order valence-corrected chi connectivity index (χ1v) is 8.35. The van der Waals surface area contributed by atoms with Gasteiger partial charge in [-0.1, -0.05) is 17.3 Å². The van der Waals surface area contributed by atoms with Gasteiger partial charge in [0.05, 0.1) is 12.1 Å². The Morgan fingerprint density at radius 1 is 1.29 bits per heavy atom. The first-order chi connectivity index (χ1) is 11.6. The molecule has 1 aliphatic carbocycles. The van der Waals surface area contributed by atoms with Crippen LogP contribution in [0.2, 0.25) is 0 Å². The predicted octanol–water partition coefficient (Wildman–Crippen LogP) is 2.87. The van der Waals surface area contributed by atoms with Gasteiger partial charge in [-0.05, 0) is 44.0 Å². The van der Waals surface area contributed by atoms with Crippen molar-refractivity contribution in [3.05, 3.63) is 53.2 Å². The van der Waals surface area contributed by atoms with Crippen LogP contribution in [0.3, 0.4) is 0 Å². The van der Waals surface area contributed by atoms with Crippen molar-refractivity contribution in [2.24, 2.45) is 0 Å². The number of rotatable bonds is 4. The summed E-state index contributed by atoms with van der Waals surface area (Å²) in [5.74, 6) is 0.774. The predicted molar refractivity (Wildman–Crippen MR) is 86.1 cm³/mol. The molecule has 0 radical (unpaired) electrons. The highest BCUT2D eigenvalue weighted by molar-refractivity contribution is 5.92. The molecule has 0 spiro atoms. The Hall–Kier alpha value is -2.21. The van der Waals surface area contributed by atoms with E-state index in [1.807, 2.05) is 7.05 Å². The molecule has 1 saturated carbocycles. The zero-order chi connectivity index (χ0) is 16.7. The highest BCUT2D eigenvalue weighted by atomic mass is 19.1. The molecule has 1 N–H and O–H groups in total. The molecule has 1 amide bonds. The van der Waals surface area contributed by atoms with Gasteiger partial charge in [0.1, 0.15) is 11.6 Å². The fourth-order valence-corrected chi connectivity index (χ4v) is 3.44. The molecule has 2 aliphatic rings. The highest BCUT2D eigenvalue weighted by Gasteiger charge is 2.35. The summed E-state index contributed by atoms with van der Waals surface area (Å²) in [6.07, 6.45) is 3.06. The van der Waals surface area contributed by atoms with Gasteiger partial charge in [-0.2, -0.15) is 0 Å². The lowest BCUT2D eigenvalue weighted by Crippen LogP contribution is -2.39. The number of nitrogens with zero attached hydrogens (tertiary/aromatic N) is 2. The Bertz CT molecular complexity index is 739. The number of likely N-dealkylation sites (tertiary alicyclic amines) is 1. The van der Waals surface area contributed by atoms with Gasteiger partial charge in [-0.15, -0.1) is 0 Å². The van der Waals surface area contributed by atoms with E-state index >= 15 is 0 Å². The summed E-state index contributed by atoms with van der Waals surface area (Å²) in [5, 5.41) is 6.96. The number of carbonyl (C=O) groups excluding carboxylic acids is 1. The van der Waals surface area contributed by atoms with Gasteiger partial charge in [-0.3, -0.25) is 9.69 Å². The van der Waals surface area contributed by atoms with E-state index in [0.29, 0.717) is 11.6 Å². The maximum atomic E-state index is 13.2. The Morgan fingerprint density at radius 2 is 2.04 bits per heavy atom. The molecular formula is C18H20FN3O2. The summed E-state index contributed by atoms with van der Waals surface area (Å²) in [5.41, 5.74) is 1.34. The van der Waals surface area contributed by atoms with Gasteiger partial charge in [0, 0.05) is 18.5 Å². The minimum Gasteiger partial charge on any atom is -0.360 e. The summed E-state index contributed by atoms with van der Waals surface area (Å²) < 4.78 is 18.4. The fraction of sp³-hybridized carbons (Fsp3) is 0.444. The Labute approximate surface area is 139 Å². The van der Waals surface area contributed by atoms with Gasteiger partial charge < -0.3 is 9.84 Å². The van der Waals surface area contributed by atoms with Gasteiger partial charge in [0.25, 0.3) is 5.91 Å². The van der Waals surface area contributed by atoms with Crippen LogP contribution in [0.4, 0.5) is 4.39 Å². The van der Waals surface area contributed by atoms with Crippen LogP contribution >= 0.6 is 0 Å².